The molecule has 17 heavy (non-hydrogen) atoms. The van der Waals surface area contributed by atoms with E-state index >= 15 is 0 Å². The van der Waals surface area contributed by atoms with Crippen molar-refractivity contribution >= 4 is 5.97 Å². The van der Waals surface area contributed by atoms with E-state index in [2.05, 4.69) is 12.2 Å². The minimum Gasteiger partial charge on any atom is -0.458 e. The summed E-state index contributed by atoms with van der Waals surface area (Å²) in [6, 6.07) is 0.367. The molecule has 98 valence electrons. The Morgan fingerprint density at radius 1 is 1.18 bits per heavy atom. The van der Waals surface area contributed by atoms with Gasteiger partial charge in [-0.05, 0) is 45.6 Å². The molecule has 0 saturated carbocycles. The molecule has 0 radical (unpaired) electrons. The lowest BCUT2D eigenvalue weighted by molar-refractivity contribution is -0.162. The van der Waals surface area contributed by atoms with Gasteiger partial charge in [0, 0.05) is 12.5 Å². The number of ether oxygens (including phenoxy) is 1. The van der Waals surface area contributed by atoms with E-state index in [1.165, 1.54) is 32.1 Å². The highest BCUT2D eigenvalue weighted by Crippen LogP contribution is 2.30. The third kappa shape index (κ3) is 3.44. The second-order valence-corrected chi connectivity index (χ2v) is 5.70. The number of rotatable bonds is 1. The molecule has 0 aliphatic carbocycles. The lowest BCUT2D eigenvalue weighted by Gasteiger charge is -2.36. The van der Waals surface area contributed by atoms with Crippen LogP contribution in [0.3, 0.4) is 0 Å². The second-order valence-electron chi connectivity index (χ2n) is 5.70. The van der Waals surface area contributed by atoms with Crippen LogP contribution in [0, 0.1) is 0 Å². The Balaban J connectivity index is 2.01. The van der Waals surface area contributed by atoms with Gasteiger partial charge in [0.2, 0.25) is 0 Å². The number of nitrogens with one attached hydrogen (secondary N) is 1. The third-order valence-corrected chi connectivity index (χ3v) is 4.20. The summed E-state index contributed by atoms with van der Waals surface area (Å²) in [7, 11) is 0. The largest absolute Gasteiger partial charge is 0.458 e. The van der Waals surface area contributed by atoms with Crippen molar-refractivity contribution in [2.75, 3.05) is 6.54 Å². The molecule has 2 rings (SSSR count). The lowest BCUT2D eigenvalue weighted by Crippen LogP contribution is -2.48. The zero-order valence-corrected chi connectivity index (χ0v) is 11.0. The van der Waals surface area contributed by atoms with Gasteiger partial charge in [-0.3, -0.25) is 4.79 Å². The monoisotopic (exact) mass is 239 g/mol. The van der Waals surface area contributed by atoms with E-state index in [1.807, 2.05) is 0 Å². The van der Waals surface area contributed by atoms with E-state index in [0.717, 1.165) is 25.8 Å². The quantitative estimate of drug-likeness (QED) is 0.715. The number of hydrogen-bond acceptors (Lipinski definition) is 3. The van der Waals surface area contributed by atoms with Gasteiger partial charge >= 0.3 is 5.97 Å². The van der Waals surface area contributed by atoms with Crippen LogP contribution in [0.15, 0.2) is 0 Å². The van der Waals surface area contributed by atoms with Crippen molar-refractivity contribution in [3.63, 3.8) is 0 Å². The number of hydrogen-bond donors (Lipinski definition) is 1. The molecule has 0 aromatic carbocycles. The molecule has 2 aliphatic rings. The molecule has 2 aliphatic heterocycles. The summed E-state index contributed by atoms with van der Waals surface area (Å²) in [6.45, 7) is 3.19. The van der Waals surface area contributed by atoms with E-state index in [9.17, 15) is 4.79 Å². The van der Waals surface area contributed by atoms with Crippen LogP contribution >= 0.6 is 0 Å². The first kappa shape index (κ1) is 12.9. The molecule has 0 spiro atoms. The van der Waals surface area contributed by atoms with Crippen molar-refractivity contribution in [2.45, 2.75) is 76.4 Å². The molecular formula is C14H25NO2. The van der Waals surface area contributed by atoms with Gasteiger partial charge < -0.3 is 10.1 Å². The van der Waals surface area contributed by atoms with Crippen LogP contribution in [0.4, 0.5) is 0 Å². The van der Waals surface area contributed by atoms with Crippen molar-refractivity contribution < 1.29 is 9.53 Å². The molecule has 2 saturated heterocycles. The third-order valence-electron chi connectivity index (χ3n) is 4.20. The minimum absolute atomic E-state index is 0.00287. The Bertz CT molecular complexity index is 261. The summed E-state index contributed by atoms with van der Waals surface area (Å²) in [6.07, 6.45) is 9.85. The fourth-order valence-corrected chi connectivity index (χ4v) is 3.09. The van der Waals surface area contributed by atoms with Crippen LogP contribution in [-0.2, 0) is 9.53 Å². The van der Waals surface area contributed by atoms with Crippen LogP contribution < -0.4 is 5.32 Å². The first-order valence-corrected chi connectivity index (χ1v) is 7.16. The van der Waals surface area contributed by atoms with Crippen LogP contribution in [0.25, 0.3) is 0 Å². The fourth-order valence-electron chi connectivity index (χ4n) is 3.09. The zero-order chi connectivity index (χ0) is 12.1. The van der Waals surface area contributed by atoms with Crippen LogP contribution in [0.2, 0.25) is 0 Å². The van der Waals surface area contributed by atoms with Gasteiger partial charge in [0.05, 0.1) is 0 Å². The van der Waals surface area contributed by atoms with E-state index < -0.39 is 0 Å². The van der Waals surface area contributed by atoms with Gasteiger partial charge in [0.15, 0.2) is 0 Å². The fraction of sp³-hybridized carbons (Fsp3) is 0.929. The van der Waals surface area contributed by atoms with Gasteiger partial charge in [-0.1, -0.05) is 19.3 Å². The predicted molar refractivity (Wildman–Crippen MR) is 67.8 cm³/mol. The second kappa shape index (κ2) is 5.85. The van der Waals surface area contributed by atoms with Crippen LogP contribution in [-0.4, -0.2) is 24.2 Å². The summed E-state index contributed by atoms with van der Waals surface area (Å²) in [4.78, 5) is 11.8. The van der Waals surface area contributed by atoms with Gasteiger partial charge in [-0.15, -0.1) is 0 Å². The highest BCUT2D eigenvalue weighted by Gasteiger charge is 2.38. The van der Waals surface area contributed by atoms with E-state index in [1.54, 1.807) is 0 Å². The zero-order valence-electron chi connectivity index (χ0n) is 11.0. The molecule has 2 fully saturated rings. The average Bonchev–Trinajstić information content (AvgIpc) is 2.81. The van der Waals surface area contributed by atoms with E-state index in [0.29, 0.717) is 12.5 Å². The Hall–Kier alpha value is -0.570. The Kier molecular flexibility index (Phi) is 4.43. The molecule has 2 heterocycles. The minimum atomic E-state index is -0.273. The maximum atomic E-state index is 11.8. The molecule has 1 N–H and O–H groups in total. The Labute approximate surface area is 104 Å². The molecule has 2 atom stereocenters. The van der Waals surface area contributed by atoms with Crippen molar-refractivity contribution in [3.8, 4) is 0 Å². The normalized spacial score (nSPS) is 36.5. The number of esters is 1. The molecule has 0 bridgehead atoms. The first-order chi connectivity index (χ1) is 8.21. The Morgan fingerprint density at radius 3 is 2.71 bits per heavy atom. The van der Waals surface area contributed by atoms with Gasteiger partial charge in [-0.25, -0.2) is 0 Å². The summed E-state index contributed by atoms with van der Waals surface area (Å²) in [5.74, 6) is 0.00287. The predicted octanol–water partition coefficient (Wildman–Crippen LogP) is 2.78. The smallest absolute Gasteiger partial charge is 0.306 e. The summed E-state index contributed by atoms with van der Waals surface area (Å²) < 4.78 is 5.80. The van der Waals surface area contributed by atoms with E-state index in [-0.39, 0.29) is 11.6 Å². The summed E-state index contributed by atoms with van der Waals surface area (Å²) in [5, 5.41) is 3.49. The maximum Gasteiger partial charge on any atom is 0.306 e. The topological polar surface area (TPSA) is 38.3 Å². The van der Waals surface area contributed by atoms with Crippen molar-refractivity contribution in [2.24, 2.45) is 0 Å². The molecular weight excluding hydrogens is 214 g/mol. The highest BCUT2D eigenvalue weighted by atomic mass is 16.6. The summed E-state index contributed by atoms with van der Waals surface area (Å²) >= 11 is 0. The van der Waals surface area contributed by atoms with E-state index in [4.69, 9.17) is 4.74 Å². The van der Waals surface area contributed by atoms with Gasteiger partial charge in [0.1, 0.15) is 5.60 Å². The highest BCUT2D eigenvalue weighted by molar-refractivity contribution is 5.70. The summed E-state index contributed by atoms with van der Waals surface area (Å²) in [5.41, 5.74) is -0.273. The van der Waals surface area contributed by atoms with Crippen molar-refractivity contribution in [1.29, 1.82) is 0 Å². The molecule has 0 aromatic rings. The van der Waals surface area contributed by atoms with Crippen molar-refractivity contribution in [1.82, 2.24) is 5.32 Å². The standard InChI is InChI=1S/C14H25NO2/c1-14(12-8-7-11-15-12)10-6-4-2-3-5-9-13(16)17-14/h12,15H,2-11H2,1H3/t12-,14-/m0/s1. The molecule has 0 aromatic heterocycles. The number of cyclic esters (lactones) is 1. The first-order valence-electron chi connectivity index (χ1n) is 7.16. The molecule has 0 unspecified atom stereocenters. The van der Waals surface area contributed by atoms with Gasteiger partial charge in [0.25, 0.3) is 0 Å². The number of carbonyl (C=O) groups is 1. The van der Waals surface area contributed by atoms with Crippen LogP contribution in [0.5, 0.6) is 0 Å². The number of carbonyl (C=O) groups excluding carboxylic acids is 1. The molecule has 3 heteroatoms. The van der Waals surface area contributed by atoms with Gasteiger partial charge in [-0.2, -0.15) is 0 Å². The lowest BCUT2D eigenvalue weighted by atomic mass is 9.88. The van der Waals surface area contributed by atoms with Crippen LogP contribution in [0.1, 0.15) is 64.7 Å². The molecule has 0 amide bonds. The average molecular weight is 239 g/mol. The Morgan fingerprint density at radius 2 is 1.94 bits per heavy atom. The molecule has 3 nitrogen and oxygen atoms in total. The maximum absolute atomic E-state index is 11.8. The SMILES string of the molecule is C[C@@]1([C@@H]2CCCN2)CCCCCCCC(=O)O1. The van der Waals surface area contributed by atoms with Crippen molar-refractivity contribution in [3.05, 3.63) is 0 Å².